The molecular weight excluding hydrogens is 332 g/mol. The first-order valence-corrected chi connectivity index (χ1v) is 7.48. The molecule has 1 saturated heterocycles. The first-order chi connectivity index (χ1) is 11.9. The molecule has 1 aromatic carbocycles. The van der Waals surface area contributed by atoms with Crippen molar-refractivity contribution in [3.05, 3.63) is 23.8 Å². The summed E-state index contributed by atoms with van der Waals surface area (Å²) in [5.41, 5.74) is 0.446. The van der Waals surface area contributed by atoms with Crippen molar-refractivity contribution in [3.8, 4) is 11.5 Å². The average Bonchev–Trinajstić information content (AvgIpc) is 3.03. The number of ketones is 1. The van der Waals surface area contributed by atoms with Crippen LogP contribution in [0.1, 0.15) is 17.3 Å². The highest BCUT2D eigenvalue weighted by Crippen LogP contribution is 2.28. The smallest absolute Gasteiger partial charge is 0.344 e. The second-order valence-corrected chi connectivity index (χ2v) is 5.15. The number of imide groups is 1. The summed E-state index contributed by atoms with van der Waals surface area (Å²) >= 11 is 0. The van der Waals surface area contributed by atoms with E-state index in [9.17, 15) is 19.2 Å². The molecule has 1 aliphatic heterocycles. The maximum atomic E-state index is 11.7. The summed E-state index contributed by atoms with van der Waals surface area (Å²) in [5.74, 6) is -0.953. The van der Waals surface area contributed by atoms with Gasteiger partial charge in [-0.3, -0.25) is 14.5 Å². The molecule has 0 aromatic heterocycles. The fraction of sp³-hybridized carbons (Fsp3) is 0.375. The van der Waals surface area contributed by atoms with Crippen LogP contribution in [0.3, 0.4) is 0 Å². The Bertz CT molecular complexity index is 702. The van der Waals surface area contributed by atoms with E-state index in [0.29, 0.717) is 17.9 Å². The van der Waals surface area contributed by atoms with Gasteiger partial charge in [0.05, 0.1) is 7.11 Å². The van der Waals surface area contributed by atoms with Crippen LogP contribution in [-0.2, 0) is 14.3 Å². The third-order valence-corrected chi connectivity index (χ3v) is 3.43. The van der Waals surface area contributed by atoms with Gasteiger partial charge in [-0.25, -0.2) is 9.59 Å². The lowest BCUT2D eigenvalue weighted by Gasteiger charge is -2.13. The number of hydrogen-bond acceptors (Lipinski definition) is 7. The van der Waals surface area contributed by atoms with Gasteiger partial charge in [-0.05, 0) is 25.1 Å². The van der Waals surface area contributed by atoms with Crippen molar-refractivity contribution in [2.75, 3.05) is 33.4 Å². The fourth-order valence-electron chi connectivity index (χ4n) is 2.11. The van der Waals surface area contributed by atoms with E-state index in [4.69, 9.17) is 14.2 Å². The van der Waals surface area contributed by atoms with Gasteiger partial charge in [0.25, 0.3) is 5.91 Å². The highest BCUT2D eigenvalue weighted by Gasteiger charge is 2.26. The SMILES string of the molecule is COc1cc(C(C)=O)ccc1OCC(=O)OCC(=O)N1CCNC1=O. The van der Waals surface area contributed by atoms with Crippen LogP contribution in [0, 0.1) is 0 Å². The first kappa shape index (κ1) is 18.2. The van der Waals surface area contributed by atoms with E-state index in [0.717, 1.165) is 4.90 Å². The van der Waals surface area contributed by atoms with Crippen LogP contribution in [0.2, 0.25) is 0 Å². The summed E-state index contributed by atoms with van der Waals surface area (Å²) in [6.07, 6.45) is 0. The van der Waals surface area contributed by atoms with E-state index in [1.54, 1.807) is 6.07 Å². The minimum atomic E-state index is -0.773. The normalized spacial score (nSPS) is 13.2. The van der Waals surface area contributed by atoms with Crippen molar-refractivity contribution < 1.29 is 33.4 Å². The number of nitrogens with zero attached hydrogens (tertiary/aromatic N) is 1. The van der Waals surface area contributed by atoms with E-state index >= 15 is 0 Å². The number of Topliss-reactive ketones (excluding diaryl/α,β-unsaturated/α-hetero) is 1. The summed E-state index contributed by atoms with van der Waals surface area (Å²) < 4.78 is 15.2. The number of amides is 3. The molecule has 0 unspecified atom stereocenters. The Morgan fingerprint density at radius 3 is 2.56 bits per heavy atom. The number of rotatable bonds is 7. The lowest BCUT2D eigenvalue weighted by Crippen LogP contribution is -2.37. The molecular formula is C16H18N2O7. The molecule has 1 fully saturated rings. The van der Waals surface area contributed by atoms with Crippen LogP contribution in [0.5, 0.6) is 11.5 Å². The number of hydrogen-bond donors (Lipinski definition) is 1. The zero-order chi connectivity index (χ0) is 18.4. The Morgan fingerprint density at radius 2 is 1.96 bits per heavy atom. The molecule has 0 aliphatic carbocycles. The highest BCUT2D eigenvalue weighted by molar-refractivity contribution is 5.97. The molecule has 2 rings (SSSR count). The lowest BCUT2D eigenvalue weighted by atomic mass is 10.1. The van der Waals surface area contributed by atoms with Crippen LogP contribution in [0.25, 0.3) is 0 Å². The Morgan fingerprint density at radius 1 is 1.20 bits per heavy atom. The monoisotopic (exact) mass is 350 g/mol. The van der Waals surface area contributed by atoms with Gasteiger partial charge in [0, 0.05) is 18.7 Å². The van der Waals surface area contributed by atoms with Crippen LogP contribution in [0.4, 0.5) is 4.79 Å². The summed E-state index contributed by atoms with van der Waals surface area (Å²) in [5, 5.41) is 2.47. The molecule has 3 amide bonds. The Labute approximate surface area is 143 Å². The maximum Gasteiger partial charge on any atom is 0.344 e. The van der Waals surface area contributed by atoms with Crippen LogP contribution < -0.4 is 14.8 Å². The molecule has 0 bridgehead atoms. The molecule has 1 aliphatic rings. The summed E-state index contributed by atoms with van der Waals surface area (Å²) in [4.78, 5) is 47.0. The fourth-order valence-corrected chi connectivity index (χ4v) is 2.11. The van der Waals surface area contributed by atoms with Gasteiger partial charge in [-0.15, -0.1) is 0 Å². The number of carbonyl (C=O) groups excluding carboxylic acids is 4. The van der Waals surface area contributed by atoms with E-state index in [1.165, 1.54) is 26.2 Å². The summed E-state index contributed by atoms with van der Waals surface area (Å²) in [6, 6.07) is 4.04. The third kappa shape index (κ3) is 4.69. The van der Waals surface area contributed by atoms with E-state index in [2.05, 4.69) is 5.32 Å². The molecule has 0 spiro atoms. The van der Waals surface area contributed by atoms with E-state index in [-0.39, 0.29) is 18.1 Å². The van der Waals surface area contributed by atoms with Gasteiger partial charge >= 0.3 is 12.0 Å². The maximum absolute atomic E-state index is 11.7. The molecule has 25 heavy (non-hydrogen) atoms. The molecule has 134 valence electrons. The topological polar surface area (TPSA) is 111 Å². The predicted molar refractivity (Wildman–Crippen MR) is 84.6 cm³/mol. The second kappa shape index (κ2) is 8.13. The summed E-state index contributed by atoms with van der Waals surface area (Å²) in [6.45, 7) is 1.04. The zero-order valence-electron chi connectivity index (χ0n) is 13.9. The van der Waals surface area contributed by atoms with E-state index in [1.807, 2.05) is 0 Å². The van der Waals surface area contributed by atoms with Gasteiger partial charge in [0.1, 0.15) is 0 Å². The largest absolute Gasteiger partial charge is 0.493 e. The van der Waals surface area contributed by atoms with Crippen molar-refractivity contribution in [2.45, 2.75) is 6.92 Å². The number of urea groups is 1. The molecule has 1 aromatic rings. The minimum Gasteiger partial charge on any atom is -0.493 e. The van der Waals surface area contributed by atoms with Gasteiger partial charge in [-0.1, -0.05) is 0 Å². The quantitative estimate of drug-likeness (QED) is 0.559. The molecule has 0 radical (unpaired) electrons. The number of esters is 1. The summed E-state index contributed by atoms with van der Waals surface area (Å²) in [7, 11) is 1.41. The molecule has 1 N–H and O–H groups in total. The molecule has 0 saturated carbocycles. The predicted octanol–water partition coefficient (Wildman–Crippen LogP) is 0.372. The van der Waals surface area contributed by atoms with Crippen LogP contribution in [0.15, 0.2) is 18.2 Å². The van der Waals surface area contributed by atoms with Crippen molar-refractivity contribution in [1.29, 1.82) is 0 Å². The zero-order valence-corrected chi connectivity index (χ0v) is 13.9. The number of carbonyl (C=O) groups is 4. The number of benzene rings is 1. The number of methoxy groups -OCH3 is 1. The van der Waals surface area contributed by atoms with Crippen molar-refractivity contribution in [2.24, 2.45) is 0 Å². The molecule has 1 heterocycles. The number of nitrogens with one attached hydrogen (secondary N) is 1. The first-order valence-electron chi connectivity index (χ1n) is 7.48. The van der Waals surface area contributed by atoms with Crippen molar-refractivity contribution in [1.82, 2.24) is 10.2 Å². The Balaban J connectivity index is 1.84. The van der Waals surface area contributed by atoms with Crippen molar-refractivity contribution in [3.63, 3.8) is 0 Å². The molecule has 9 heteroatoms. The van der Waals surface area contributed by atoms with Gasteiger partial charge in [0.15, 0.2) is 30.5 Å². The van der Waals surface area contributed by atoms with Gasteiger partial charge in [-0.2, -0.15) is 0 Å². The Kier molecular flexibility index (Phi) is 5.93. The molecule has 9 nitrogen and oxygen atoms in total. The second-order valence-electron chi connectivity index (χ2n) is 5.15. The Hall–Kier alpha value is -3.10. The minimum absolute atomic E-state index is 0.131. The highest BCUT2D eigenvalue weighted by atomic mass is 16.6. The van der Waals surface area contributed by atoms with Gasteiger partial charge < -0.3 is 19.5 Å². The number of ether oxygens (including phenoxy) is 3. The lowest BCUT2D eigenvalue weighted by molar-refractivity contribution is -0.152. The van der Waals surface area contributed by atoms with Crippen LogP contribution in [-0.4, -0.2) is 62.0 Å². The van der Waals surface area contributed by atoms with Gasteiger partial charge in [0.2, 0.25) is 0 Å². The van der Waals surface area contributed by atoms with Crippen molar-refractivity contribution >= 4 is 23.7 Å². The average molecular weight is 350 g/mol. The third-order valence-electron chi connectivity index (χ3n) is 3.43. The van der Waals surface area contributed by atoms with Crippen LogP contribution >= 0.6 is 0 Å². The molecule has 0 atom stereocenters. The standard InChI is InChI=1S/C16H18N2O7/c1-10(19)11-3-4-12(13(7-11)23-2)24-9-15(21)25-8-14(20)18-6-5-17-16(18)22/h3-4,7H,5-6,8-9H2,1-2H3,(H,17,22). The van der Waals surface area contributed by atoms with E-state index < -0.39 is 31.1 Å².